The zero-order chi connectivity index (χ0) is 15.4. The Morgan fingerprint density at radius 3 is 2.71 bits per heavy atom. The monoisotopic (exact) mass is 309 g/mol. The third-order valence-electron chi connectivity index (χ3n) is 3.49. The molecule has 0 aromatic heterocycles. The number of benzene rings is 1. The largest absolute Gasteiger partial charge is 0.336 e. The molecule has 6 nitrogen and oxygen atoms in total. The Labute approximate surface area is 128 Å². The van der Waals surface area contributed by atoms with Crippen molar-refractivity contribution in [3.8, 4) is 0 Å². The number of thioether (sulfide) groups is 1. The highest BCUT2D eigenvalue weighted by molar-refractivity contribution is 8.00. The van der Waals surface area contributed by atoms with E-state index in [4.69, 9.17) is 0 Å². The topological polar surface area (TPSA) is 75.5 Å². The molecule has 1 amide bonds. The summed E-state index contributed by atoms with van der Waals surface area (Å²) in [6, 6.07) is 6.51. The fourth-order valence-corrected chi connectivity index (χ4v) is 3.24. The summed E-state index contributed by atoms with van der Waals surface area (Å²) in [6.07, 6.45) is 0. The van der Waals surface area contributed by atoms with Crippen molar-refractivity contribution in [1.82, 2.24) is 10.2 Å². The number of piperazine rings is 1. The number of non-ortho nitro benzene ring substituents is 1. The van der Waals surface area contributed by atoms with Crippen LogP contribution in [0, 0.1) is 10.1 Å². The van der Waals surface area contributed by atoms with Gasteiger partial charge in [-0.25, -0.2) is 0 Å². The van der Waals surface area contributed by atoms with Crippen molar-refractivity contribution < 1.29 is 9.72 Å². The van der Waals surface area contributed by atoms with Gasteiger partial charge in [-0.1, -0.05) is 0 Å². The van der Waals surface area contributed by atoms with Crippen molar-refractivity contribution in [2.24, 2.45) is 0 Å². The molecule has 0 saturated carbocycles. The van der Waals surface area contributed by atoms with Gasteiger partial charge in [0, 0.05) is 42.7 Å². The number of carbonyl (C=O) groups is 1. The molecule has 114 valence electrons. The lowest BCUT2D eigenvalue weighted by atomic mass is 10.2. The summed E-state index contributed by atoms with van der Waals surface area (Å²) < 4.78 is 0. The van der Waals surface area contributed by atoms with Gasteiger partial charge in [0.1, 0.15) is 0 Å². The SMILES string of the molecule is CC(Sc1ccc([N+](=O)[O-])cc1)C(=O)N1CCNC[C@@H]1C. The van der Waals surface area contributed by atoms with E-state index in [0.717, 1.165) is 24.5 Å². The van der Waals surface area contributed by atoms with Crippen molar-refractivity contribution >= 4 is 23.4 Å². The number of nitro benzene ring substituents is 1. The highest BCUT2D eigenvalue weighted by atomic mass is 32.2. The lowest BCUT2D eigenvalue weighted by molar-refractivity contribution is -0.384. The Morgan fingerprint density at radius 2 is 2.14 bits per heavy atom. The Kier molecular flexibility index (Phi) is 5.19. The number of nitrogens with zero attached hydrogens (tertiary/aromatic N) is 2. The summed E-state index contributed by atoms with van der Waals surface area (Å²) in [7, 11) is 0. The third kappa shape index (κ3) is 3.95. The normalized spacial score (nSPS) is 20.1. The molecule has 2 rings (SSSR count). The van der Waals surface area contributed by atoms with Gasteiger partial charge in [-0.05, 0) is 26.0 Å². The molecule has 0 bridgehead atoms. The Hall–Kier alpha value is -1.60. The minimum Gasteiger partial charge on any atom is -0.336 e. The van der Waals surface area contributed by atoms with Gasteiger partial charge in [-0.3, -0.25) is 14.9 Å². The molecule has 1 N–H and O–H groups in total. The maximum absolute atomic E-state index is 12.5. The number of rotatable bonds is 4. The molecule has 1 aromatic carbocycles. The van der Waals surface area contributed by atoms with Crippen LogP contribution < -0.4 is 5.32 Å². The van der Waals surface area contributed by atoms with E-state index in [1.807, 2.05) is 18.7 Å². The second kappa shape index (κ2) is 6.91. The average Bonchev–Trinajstić information content (AvgIpc) is 2.47. The first-order chi connectivity index (χ1) is 9.99. The van der Waals surface area contributed by atoms with Crippen LogP contribution in [0.15, 0.2) is 29.2 Å². The van der Waals surface area contributed by atoms with Gasteiger partial charge in [-0.2, -0.15) is 0 Å². The van der Waals surface area contributed by atoms with Gasteiger partial charge in [-0.15, -0.1) is 11.8 Å². The van der Waals surface area contributed by atoms with Gasteiger partial charge in [0.25, 0.3) is 5.69 Å². The number of amides is 1. The number of nitro groups is 1. The van der Waals surface area contributed by atoms with Gasteiger partial charge in [0.2, 0.25) is 5.91 Å². The third-order valence-corrected chi connectivity index (χ3v) is 4.59. The number of hydrogen-bond acceptors (Lipinski definition) is 5. The molecule has 21 heavy (non-hydrogen) atoms. The fraction of sp³-hybridized carbons (Fsp3) is 0.500. The summed E-state index contributed by atoms with van der Waals surface area (Å²) >= 11 is 1.43. The van der Waals surface area contributed by atoms with Crippen molar-refractivity contribution in [1.29, 1.82) is 0 Å². The molecular weight excluding hydrogens is 290 g/mol. The van der Waals surface area contributed by atoms with Crippen LogP contribution in [-0.4, -0.2) is 46.7 Å². The molecule has 1 unspecified atom stereocenters. The Morgan fingerprint density at radius 1 is 1.48 bits per heavy atom. The smallest absolute Gasteiger partial charge is 0.269 e. The molecule has 1 fully saturated rings. The molecule has 7 heteroatoms. The summed E-state index contributed by atoms with van der Waals surface area (Å²) in [5.41, 5.74) is 0.0639. The van der Waals surface area contributed by atoms with Gasteiger partial charge < -0.3 is 10.2 Å². The maximum Gasteiger partial charge on any atom is 0.269 e. The van der Waals surface area contributed by atoms with Crippen molar-refractivity contribution in [3.05, 3.63) is 34.4 Å². The van der Waals surface area contributed by atoms with E-state index in [9.17, 15) is 14.9 Å². The minimum atomic E-state index is -0.425. The molecule has 1 saturated heterocycles. The molecule has 1 heterocycles. The lowest BCUT2D eigenvalue weighted by Crippen LogP contribution is -2.54. The Balaban J connectivity index is 1.98. The van der Waals surface area contributed by atoms with E-state index in [1.165, 1.54) is 23.9 Å². The molecule has 0 radical (unpaired) electrons. The second-order valence-electron chi connectivity index (χ2n) is 5.10. The van der Waals surface area contributed by atoms with Crippen molar-refractivity contribution in [2.45, 2.75) is 30.0 Å². The summed E-state index contributed by atoms with van der Waals surface area (Å²) in [4.78, 5) is 25.4. The molecule has 1 aromatic rings. The van der Waals surface area contributed by atoms with Crippen LogP contribution in [-0.2, 0) is 4.79 Å². The second-order valence-corrected chi connectivity index (χ2v) is 6.51. The van der Waals surface area contributed by atoms with Crippen molar-refractivity contribution in [2.75, 3.05) is 19.6 Å². The van der Waals surface area contributed by atoms with Crippen LogP contribution in [0.1, 0.15) is 13.8 Å². The molecule has 1 aliphatic heterocycles. The number of nitrogens with one attached hydrogen (secondary N) is 1. The van der Waals surface area contributed by atoms with E-state index in [1.54, 1.807) is 12.1 Å². The van der Waals surface area contributed by atoms with Gasteiger partial charge in [0.05, 0.1) is 10.2 Å². The minimum absolute atomic E-state index is 0.0639. The Bertz CT molecular complexity index is 521. The predicted molar refractivity (Wildman–Crippen MR) is 82.5 cm³/mol. The molecule has 0 spiro atoms. The van der Waals surface area contributed by atoms with Crippen LogP contribution in [0.25, 0.3) is 0 Å². The molecule has 2 atom stereocenters. The highest BCUT2D eigenvalue weighted by Crippen LogP contribution is 2.27. The van der Waals surface area contributed by atoms with Gasteiger partial charge >= 0.3 is 0 Å². The first kappa shape index (κ1) is 15.8. The van der Waals surface area contributed by atoms with Crippen LogP contribution >= 0.6 is 11.8 Å². The summed E-state index contributed by atoms with van der Waals surface area (Å²) in [5, 5.41) is 13.7. The average molecular weight is 309 g/mol. The first-order valence-corrected chi connectivity index (χ1v) is 7.79. The predicted octanol–water partition coefficient (Wildman–Crippen LogP) is 1.90. The van der Waals surface area contributed by atoms with E-state index in [2.05, 4.69) is 5.32 Å². The van der Waals surface area contributed by atoms with E-state index >= 15 is 0 Å². The van der Waals surface area contributed by atoms with Crippen LogP contribution in [0.4, 0.5) is 5.69 Å². The zero-order valence-corrected chi connectivity index (χ0v) is 12.9. The van der Waals surface area contributed by atoms with Crippen LogP contribution in [0.2, 0.25) is 0 Å². The molecule has 0 aliphatic carbocycles. The standard InChI is InChI=1S/C14H19N3O3S/c1-10-9-15-7-8-16(10)14(18)11(2)21-13-5-3-12(4-6-13)17(19)20/h3-6,10-11,15H,7-9H2,1-2H3/t10-,11?/m0/s1. The number of carbonyl (C=O) groups excluding carboxylic acids is 1. The molecular formula is C14H19N3O3S. The quantitative estimate of drug-likeness (QED) is 0.522. The van der Waals surface area contributed by atoms with Crippen LogP contribution in [0.3, 0.4) is 0 Å². The highest BCUT2D eigenvalue weighted by Gasteiger charge is 2.27. The van der Waals surface area contributed by atoms with Gasteiger partial charge in [0.15, 0.2) is 0 Å². The zero-order valence-electron chi connectivity index (χ0n) is 12.1. The summed E-state index contributed by atoms with van der Waals surface area (Å²) in [5.74, 6) is 0.118. The van der Waals surface area contributed by atoms with E-state index < -0.39 is 4.92 Å². The lowest BCUT2D eigenvalue weighted by Gasteiger charge is -2.35. The van der Waals surface area contributed by atoms with Crippen molar-refractivity contribution in [3.63, 3.8) is 0 Å². The first-order valence-electron chi connectivity index (χ1n) is 6.91. The number of hydrogen-bond donors (Lipinski definition) is 1. The van der Waals surface area contributed by atoms with E-state index in [-0.39, 0.29) is 22.9 Å². The fourth-order valence-electron chi connectivity index (χ4n) is 2.30. The molecule has 1 aliphatic rings. The van der Waals surface area contributed by atoms with Crippen LogP contribution in [0.5, 0.6) is 0 Å². The summed E-state index contributed by atoms with van der Waals surface area (Å²) in [6.45, 7) is 6.29. The maximum atomic E-state index is 12.5. The van der Waals surface area contributed by atoms with E-state index in [0.29, 0.717) is 0 Å².